The summed E-state index contributed by atoms with van der Waals surface area (Å²) >= 11 is 0. The van der Waals surface area contributed by atoms with E-state index in [1.807, 2.05) is 13.8 Å². The van der Waals surface area contributed by atoms with Gasteiger partial charge in [-0.05, 0) is 30.5 Å². The number of anilines is 1. The van der Waals surface area contributed by atoms with E-state index in [4.69, 9.17) is 0 Å². The van der Waals surface area contributed by atoms with Gasteiger partial charge in [-0.2, -0.15) is 13.2 Å². The molecular formula is C15H19F3N2O3. The molecule has 0 fully saturated rings. The second kappa shape index (κ2) is 7.96. The molecule has 0 heterocycles. The highest BCUT2D eigenvalue weighted by atomic mass is 19.4. The van der Waals surface area contributed by atoms with Crippen molar-refractivity contribution in [1.82, 2.24) is 5.32 Å². The maximum atomic E-state index is 12.6. The number of aliphatic hydroxyl groups excluding tert-OH is 1. The van der Waals surface area contributed by atoms with Gasteiger partial charge in [0.15, 0.2) is 0 Å². The standard InChI is InChI=1S/C15H19F3N2O3/c1-9(2)6-12(21)8-19-13(22)14(23)20-11-5-3-4-10(7-11)15(16,17)18/h3-5,7,9,12,21H,6,8H2,1-2H3,(H,19,22)(H,20,23). The average molecular weight is 332 g/mol. The summed E-state index contributed by atoms with van der Waals surface area (Å²) in [5.41, 5.74) is -1.06. The van der Waals surface area contributed by atoms with E-state index in [1.54, 1.807) is 0 Å². The Morgan fingerprint density at radius 1 is 1.22 bits per heavy atom. The van der Waals surface area contributed by atoms with E-state index in [9.17, 15) is 27.9 Å². The summed E-state index contributed by atoms with van der Waals surface area (Å²) in [6.07, 6.45) is -4.88. The Bertz CT molecular complexity index is 559. The maximum absolute atomic E-state index is 12.6. The number of carbonyl (C=O) groups excluding carboxylic acids is 2. The summed E-state index contributed by atoms with van der Waals surface area (Å²) in [6.45, 7) is 3.68. The number of amides is 2. The van der Waals surface area contributed by atoms with Crippen molar-refractivity contribution in [2.24, 2.45) is 5.92 Å². The van der Waals surface area contributed by atoms with Gasteiger partial charge in [-0.1, -0.05) is 19.9 Å². The molecule has 0 bridgehead atoms. The molecule has 0 aliphatic rings. The van der Waals surface area contributed by atoms with Crippen LogP contribution in [-0.4, -0.2) is 29.6 Å². The Morgan fingerprint density at radius 3 is 2.43 bits per heavy atom. The van der Waals surface area contributed by atoms with Crippen LogP contribution >= 0.6 is 0 Å². The lowest BCUT2D eigenvalue weighted by atomic mass is 10.1. The number of benzene rings is 1. The van der Waals surface area contributed by atoms with Crippen molar-refractivity contribution < 1.29 is 27.9 Å². The molecule has 5 nitrogen and oxygen atoms in total. The molecule has 1 aromatic carbocycles. The summed E-state index contributed by atoms with van der Waals surface area (Å²) in [7, 11) is 0. The Hall–Kier alpha value is -2.09. The SMILES string of the molecule is CC(C)CC(O)CNC(=O)C(=O)Nc1cccc(C(F)(F)F)c1. The van der Waals surface area contributed by atoms with Crippen LogP contribution in [-0.2, 0) is 15.8 Å². The monoisotopic (exact) mass is 332 g/mol. The number of alkyl halides is 3. The van der Waals surface area contributed by atoms with Gasteiger partial charge in [-0.25, -0.2) is 0 Å². The molecule has 0 spiro atoms. The molecule has 1 unspecified atom stereocenters. The molecule has 1 rings (SSSR count). The average Bonchev–Trinajstić information content (AvgIpc) is 2.43. The molecule has 0 aliphatic carbocycles. The number of rotatable bonds is 5. The molecule has 0 aliphatic heterocycles. The van der Waals surface area contributed by atoms with Crippen LogP contribution in [0.2, 0.25) is 0 Å². The molecule has 23 heavy (non-hydrogen) atoms. The highest BCUT2D eigenvalue weighted by Crippen LogP contribution is 2.30. The smallest absolute Gasteiger partial charge is 0.391 e. The molecule has 0 saturated heterocycles. The summed E-state index contributed by atoms with van der Waals surface area (Å²) in [4.78, 5) is 23.2. The Labute approximate surface area is 131 Å². The lowest BCUT2D eigenvalue weighted by molar-refractivity contribution is -0.137. The van der Waals surface area contributed by atoms with Crippen molar-refractivity contribution >= 4 is 17.5 Å². The van der Waals surface area contributed by atoms with Gasteiger partial charge in [0, 0.05) is 12.2 Å². The van der Waals surface area contributed by atoms with E-state index in [-0.39, 0.29) is 18.2 Å². The molecule has 1 aromatic rings. The number of hydrogen-bond donors (Lipinski definition) is 3. The second-order valence-electron chi connectivity index (χ2n) is 5.53. The van der Waals surface area contributed by atoms with Gasteiger partial charge in [-0.15, -0.1) is 0 Å². The van der Waals surface area contributed by atoms with Crippen molar-refractivity contribution in [3.63, 3.8) is 0 Å². The Balaban J connectivity index is 2.57. The van der Waals surface area contributed by atoms with Crippen LogP contribution in [0, 0.1) is 5.92 Å². The minimum atomic E-state index is -4.54. The van der Waals surface area contributed by atoms with Crippen LogP contribution in [0.25, 0.3) is 0 Å². The highest BCUT2D eigenvalue weighted by molar-refractivity contribution is 6.39. The molecular weight excluding hydrogens is 313 g/mol. The second-order valence-corrected chi connectivity index (χ2v) is 5.53. The molecule has 128 valence electrons. The zero-order valence-electron chi connectivity index (χ0n) is 12.8. The molecule has 0 saturated carbocycles. The predicted molar refractivity (Wildman–Crippen MR) is 78.5 cm³/mol. The first-order chi connectivity index (χ1) is 10.6. The van der Waals surface area contributed by atoms with Gasteiger partial charge in [0.2, 0.25) is 0 Å². The summed E-state index contributed by atoms with van der Waals surface area (Å²) in [5, 5.41) is 13.9. The molecule has 3 N–H and O–H groups in total. The number of halogens is 3. The number of aliphatic hydroxyl groups is 1. The van der Waals surface area contributed by atoms with Gasteiger partial charge >= 0.3 is 18.0 Å². The van der Waals surface area contributed by atoms with Crippen molar-refractivity contribution in [3.8, 4) is 0 Å². The summed E-state index contributed by atoms with van der Waals surface area (Å²) in [5.74, 6) is -1.90. The topological polar surface area (TPSA) is 78.4 Å². The minimum Gasteiger partial charge on any atom is -0.391 e. The molecule has 1 atom stereocenters. The third-order valence-corrected chi connectivity index (χ3v) is 2.90. The molecule has 2 amide bonds. The van der Waals surface area contributed by atoms with Gasteiger partial charge in [0.25, 0.3) is 0 Å². The van der Waals surface area contributed by atoms with Gasteiger partial charge < -0.3 is 15.7 Å². The van der Waals surface area contributed by atoms with E-state index in [1.165, 1.54) is 6.07 Å². The molecule has 8 heteroatoms. The number of carbonyl (C=O) groups is 2. The van der Waals surface area contributed by atoms with Crippen LogP contribution in [0.15, 0.2) is 24.3 Å². The minimum absolute atomic E-state index is 0.104. The van der Waals surface area contributed by atoms with E-state index in [0.29, 0.717) is 6.42 Å². The van der Waals surface area contributed by atoms with E-state index in [2.05, 4.69) is 10.6 Å². The quantitative estimate of drug-likeness (QED) is 0.723. The Kier molecular flexibility index (Phi) is 6.56. The van der Waals surface area contributed by atoms with Crippen LogP contribution in [0.1, 0.15) is 25.8 Å². The fraction of sp³-hybridized carbons (Fsp3) is 0.467. The summed E-state index contributed by atoms with van der Waals surface area (Å²) < 4.78 is 37.7. The van der Waals surface area contributed by atoms with E-state index >= 15 is 0 Å². The lowest BCUT2D eigenvalue weighted by Gasteiger charge is -2.14. The fourth-order valence-corrected chi connectivity index (χ4v) is 1.88. The van der Waals surface area contributed by atoms with Gasteiger partial charge in [-0.3, -0.25) is 9.59 Å². The Morgan fingerprint density at radius 2 is 1.87 bits per heavy atom. The van der Waals surface area contributed by atoms with Crippen LogP contribution < -0.4 is 10.6 Å². The summed E-state index contributed by atoms with van der Waals surface area (Å²) in [6, 6.07) is 3.97. The van der Waals surface area contributed by atoms with E-state index < -0.39 is 29.7 Å². The normalized spacial score (nSPS) is 12.8. The fourth-order valence-electron chi connectivity index (χ4n) is 1.88. The van der Waals surface area contributed by atoms with Crippen molar-refractivity contribution in [3.05, 3.63) is 29.8 Å². The highest BCUT2D eigenvalue weighted by Gasteiger charge is 2.30. The number of hydrogen-bond acceptors (Lipinski definition) is 3. The maximum Gasteiger partial charge on any atom is 0.416 e. The predicted octanol–water partition coefficient (Wildman–Crippen LogP) is 2.17. The van der Waals surface area contributed by atoms with E-state index in [0.717, 1.165) is 18.2 Å². The first-order valence-corrected chi connectivity index (χ1v) is 7.04. The number of nitrogens with one attached hydrogen (secondary N) is 2. The zero-order chi connectivity index (χ0) is 17.6. The van der Waals surface area contributed by atoms with Crippen molar-refractivity contribution in [1.29, 1.82) is 0 Å². The first kappa shape index (κ1) is 19.0. The van der Waals surface area contributed by atoms with Crippen molar-refractivity contribution in [2.45, 2.75) is 32.5 Å². The third-order valence-electron chi connectivity index (χ3n) is 2.90. The largest absolute Gasteiger partial charge is 0.416 e. The van der Waals surface area contributed by atoms with Gasteiger partial charge in [0.05, 0.1) is 11.7 Å². The third kappa shape index (κ3) is 6.68. The lowest BCUT2D eigenvalue weighted by Crippen LogP contribution is -2.39. The molecule has 0 radical (unpaired) electrons. The zero-order valence-corrected chi connectivity index (χ0v) is 12.8. The van der Waals surface area contributed by atoms with Crippen LogP contribution in [0.3, 0.4) is 0 Å². The van der Waals surface area contributed by atoms with Crippen molar-refractivity contribution in [2.75, 3.05) is 11.9 Å². The first-order valence-electron chi connectivity index (χ1n) is 7.04. The van der Waals surface area contributed by atoms with Crippen LogP contribution in [0.5, 0.6) is 0 Å². The van der Waals surface area contributed by atoms with Gasteiger partial charge in [0.1, 0.15) is 0 Å². The molecule has 0 aromatic heterocycles. The van der Waals surface area contributed by atoms with Crippen LogP contribution in [0.4, 0.5) is 18.9 Å².